The number of aromatic nitrogens is 4. The van der Waals surface area contributed by atoms with Crippen LogP contribution in [-0.2, 0) is 11.8 Å². The number of aryl methyl sites for hydroxylation is 1. The molecule has 5 rings (SSSR count). The van der Waals surface area contributed by atoms with Gasteiger partial charge < -0.3 is 14.5 Å². The number of rotatable bonds is 5. The maximum absolute atomic E-state index is 12.8. The van der Waals surface area contributed by atoms with Crippen molar-refractivity contribution in [3.8, 4) is 11.1 Å². The van der Waals surface area contributed by atoms with Crippen molar-refractivity contribution in [1.29, 1.82) is 0 Å². The number of halogens is 2. The van der Waals surface area contributed by atoms with Crippen molar-refractivity contribution in [1.82, 2.24) is 24.3 Å². The van der Waals surface area contributed by atoms with Gasteiger partial charge in [-0.15, -0.1) is 0 Å². The van der Waals surface area contributed by atoms with E-state index in [-0.39, 0.29) is 5.56 Å². The Bertz CT molecular complexity index is 1330. The number of ether oxygens (including phenoxy) is 1. The summed E-state index contributed by atoms with van der Waals surface area (Å²) in [6.45, 7) is 4.07. The van der Waals surface area contributed by atoms with Gasteiger partial charge in [0.2, 0.25) is 0 Å². The van der Waals surface area contributed by atoms with Crippen LogP contribution in [0, 0.1) is 0 Å². The van der Waals surface area contributed by atoms with Crippen molar-refractivity contribution < 1.29 is 18.3 Å². The molecule has 3 aromatic heterocycles. The van der Waals surface area contributed by atoms with E-state index in [1.165, 1.54) is 12.1 Å². The van der Waals surface area contributed by atoms with E-state index >= 15 is 0 Å². The molecular formula is C25H26F2N6O2. The van der Waals surface area contributed by atoms with Crippen LogP contribution in [0.5, 0.6) is 0 Å². The lowest BCUT2D eigenvalue weighted by Gasteiger charge is -2.35. The Labute approximate surface area is 201 Å². The van der Waals surface area contributed by atoms with Gasteiger partial charge in [0.05, 0.1) is 23.6 Å². The first-order valence-electron chi connectivity index (χ1n) is 11.4. The molecule has 1 unspecified atom stereocenters. The molecule has 1 amide bonds. The third kappa shape index (κ3) is 4.68. The molecule has 182 valence electrons. The molecule has 0 saturated carbocycles. The SMILES string of the molecule is CC(OC(=O)N1CCN(c2cnn3cc(-c4cnn(C)c4)ccc23)CC1)c1ccc(C(F)F)cc1. The lowest BCUT2D eigenvalue weighted by Crippen LogP contribution is -2.49. The van der Waals surface area contributed by atoms with Crippen LogP contribution in [0.4, 0.5) is 19.3 Å². The predicted molar refractivity (Wildman–Crippen MR) is 127 cm³/mol. The number of piperazine rings is 1. The van der Waals surface area contributed by atoms with Crippen LogP contribution in [0.2, 0.25) is 0 Å². The zero-order chi connectivity index (χ0) is 24.5. The van der Waals surface area contributed by atoms with Crippen LogP contribution in [0.15, 0.2) is 61.2 Å². The Balaban J connectivity index is 1.20. The minimum absolute atomic E-state index is 0.0515. The highest BCUT2D eigenvalue weighted by molar-refractivity contribution is 5.76. The number of anilines is 1. The number of fused-ring (bicyclic) bond motifs is 1. The van der Waals surface area contributed by atoms with E-state index in [2.05, 4.69) is 21.2 Å². The number of hydrogen-bond acceptors (Lipinski definition) is 5. The molecule has 1 atom stereocenters. The summed E-state index contributed by atoms with van der Waals surface area (Å²) in [5.74, 6) is 0. The van der Waals surface area contributed by atoms with Crippen LogP contribution >= 0.6 is 0 Å². The van der Waals surface area contributed by atoms with E-state index in [9.17, 15) is 13.6 Å². The van der Waals surface area contributed by atoms with Crippen molar-refractivity contribution in [2.75, 3.05) is 31.1 Å². The molecule has 1 aliphatic rings. The highest BCUT2D eigenvalue weighted by Gasteiger charge is 2.25. The summed E-state index contributed by atoms with van der Waals surface area (Å²) < 4.78 is 34.7. The second-order valence-corrected chi connectivity index (χ2v) is 8.65. The summed E-state index contributed by atoms with van der Waals surface area (Å²) in [7, 11) is 1.89. The van der Waals surface area contributed by atoms with E-state index in [1.54, 1.807) is 28.6 Å². The molecule has 0 bridgehead atoms. The van der Waals surface area contributed by atoms with Crippen LogP contribution in [0.1, 0.15) is 30.6 Å². The standard InChI is InChI=1S/C25H26F2N6O2/c1-17(18-3-5-19(6-4-18)24(26)27)35-25(34)32-11-9-31(10-12-32)23-14-29-33-16-20(7-8-22(23)33)21-13-28-30(2)15-21/h3-8,13-17,24H,9-12H2,1-2H3. The fourth-order valence-electron chi connectivity index (χ4n) is 4.29. The Hall–Kier alpha value is -3.95. The average Bonchev–Trinajstić information content (AvgIpc) is 3.50. The molecule has 1 aliphatic heterocycles. The van der Waals surface area contributed by atoms with Crippen LogP contribution in [0.25, 0.3) is 16.6 Å². The maximum Gasteiger partial charge on any atom is 0.410 e. The van der Waals surface area contributed by atoms with E-state index < -0.39 is 18.6 Å². The molecule has 0 spiro atoms. The third-order valence-corrected chi connectivity index (χ3v) is 6.35. The third-order valence-electron chi connectivity index (χ3n) is 6.35. The molecule has 0 N–H and O–H groups in total. The van der Waals surface area contributed by atoms with Gasteiger partial charge in [0.15, 0.2) is 0 Å². The monoisotopic (exact) mass is 480 g/mol. The van der Waals surface area contributed by atoms with Crippen molar-refractivity contribution in [2.24, 2.45) is 7.05 Å². The summed E-state index contributed by atoms with van der Waals surface area (Å²) in [6, 6.07) is 9.97. The lowest BCUT2D eigenvalue weighted by molar-refractivity contribution is 0.0680. The van der Waals surface area contributed by atoms with Gasteiger partial charge in [-0.05, 0) is 18.6 Å². The number of hydrogen-bond donors (Lipinski definition) is 0. The van der Waals surface area contributed by atoms with Crippen LogP contribution in [-0.4, -0.2) is 56.6 Å². The van der Waals surface area contributed by atoms with Gasteiger partial charge in [0.1, 0.15) is 6.10 Å². The van der Waals surface area contributed by atoms with Crippen LogP contribution in [0.3, 0.4) is 0 Å². The van der Waals surface area contributed by atoms with E-state index in [0.717, 1.165) is 22.3 Å². The summed E-state index contributed by atoms with van der Waals surface area (Å²) >= 11 is 0. The molecule has 4 aromatic rings. The van der Waals surface area contributed by atoms with Crippen molar-refractivity contribution in [2.45, 2.75) is 19.5 Å². The minimum atomic E-state index is -2.52. The fourth-order valence-corrected chi connectivity index (χ4v) is 4.29. The van der Waals surface area contributed by atoms with E-state index in [0.29, 0.717) is 31.7 Å². The van der Waals surface area contributed by atoms with Crippen molar-refractivity contribution >= 4 is 17.3 Å². The molecule has 1 aromatic carbocycles. The van der Waals surface area contributed by atoms with Crippen molar-refractivity contribution in [3.05, 3.63) is 72.3 Å². The number of amides is 1. The first-order valence-corrected chi connectivity index (χ1v) is 11.4. The van der Waals surface area contributed by atoms with E-state index in [1.807, 2.05) is 42.4 Å². The summed E-state index contributed by atoms with van der Waals surface area (Å²) in [5, 5.41) is 8.75. The number of carbonyl (C=O) groups excluding carboxylic acids is 1. The highest BCUT2D eigenvalue weighted by Crippen LogP contribution is 2.27. The van der Waals surface area contributed by atoms with Gasteiger partial charge in [-0.3, -0.25) is 4.68 Å². The summed E-state index contributed by atoms with van der Waals surface area (Å²) in [4.78, 5) is 16.6. The lowest BCUT2D eigenvalue weighted by atomic mass is 10.1. The normalized spacial score (nSPS) is 15.1. The molecule has 1 fully saturated rings. The molecule has 1 saturated heterocycles. The quantitative estimate of drug-likeness (QED) is 0.415. The highest BCUT2D eigenvalue weighted by atomic mass is 19.3. The van der Waals surface area contributed by atoms with Crippen molar-refractivity contribution in [3.63, 3.8) is 0 Å². The number of nitrogens with zero attached hydrogens (tertiary/aromatic N) is 6. The Morgan fingerprint density at radius 3 is 2.29 bits per heavy atom. The second-order valence-electron chi connectivity index (χ2n) is 8.65. The second kappa shape index (κ2) is 9.36. The molecule has 0 radical (unpaired) electrons. The molecule has 35 heavy (non-hydrogen) atoms. The fraction of sp³-hybridized carbons (Fsp3) is 0.320. The maximum atomic E-state index is 12.8. The van der Waals surface area contributed by atoms with Gasteiger partial charge in [-0.1, -0.05) is 30.3 Å². The van der Waals surface area contributed by atoms with Gasteiger partial charge in [0, 0.05) is 62.3 Å². The first-order chi connectivity index (χ1) is 16.9. The Morgan fingerprint density at radius 2 is 1.63 bits per heavy atom. The Kier molecular flexibility index (Phi) is 6.10. The number of pyridine rings is 1. The zero-order valence-corrected chi connectivity index (χ0v) is 19.5. The summed E-state index contributed by atoms with van der Waals surface area (Å²) in [6.07, 6.45) is 4.17. The number of alkyl halides is 2. The topological polar surface area (TPSA) is 67.9 Å². The number of benzene rings is 1. The number of carbonyl (C=O) groups is 1. The Morgan fingerprint density at radius 1 is 0.914 bits per heavy atom. The molecule has 0 aliphatic carbocycles. The largest absolute Gasteiger partial charge is 0.442 e. The first kappa shape index (κ1) is 22.8. The van der Waals surface area contributed by atoms with Gasteiger partial charge in [-0.25, -0.2) is 18.1 Å². The minimum Gasteiger partial charge on any atom is -0.442 e. The molecule has 10 heteroatoms. The average molecular weight is 481 g/mol. The summed E-state index contributed by atoms with van der Waals surface area (Å²) in [5.41, 5.74) is 4.70. The van der Waals surface area contributed by atoms with E-state index in [4.69, 9.17) is 4.74 Å². The molecule has 4 heterocycles. The predicted octanol–water partition coefficient (Wildman–Crippen LogP) is 4.69. The van der Waals surface area contributed by atoms with Gasteiger partial charge in [-0.2, -0.15) is 10.2 Å². The smallest absolute Gasteiger partial charge is 0.410 e. The zero-order valence-electron chi connectivity index (χ0n) is 19.5. The molecule has 8 nitrogen and oxygen atoms in total. The molecular weight excluding hydrogens is 454 g/mol. The van der Waals surface area contributed by atoms with Gasteiger partial charge in [0.25, 0.3) is 6.43 Å². The van der Waals surface area contributed by atoms with Crippen LogP contribution < -0.4 is 4.90 Å². The van der Waals surface area contributed by atoms with Gasteiger partial charge >= 0.3 is 6.09 Å².